The van der Waals surface area contributed by atoms with Crippen molar-refractivity contribution in [3.8, 4) is 0 Å². The van der Waals surface area contributed by atoms with Crippen molar-refractivity contribution in [3.05, 3.63) is 92.0 Å². The number of carbonyl (C=O) groups is 1. The summed E-state index contributed by atoms with van der Waals surface area (Å²) in [6, 6.07) is 16.7. The largest absolute Gasteiger partial charge is 0.352 e. The summed E-state index contributed by atoms with van der Waals surface area (Å²) in [4.78, 5) is 32.6. The number of non-ortho nitro benzene ring substituents is 2. The fraction of sp³-hybridized carbons (Fsp3) is 0.105. The Morgan fingerprint density at radius 2 is 1.52 bits per heavy atom. The molecule has 0 spiro atoms. The molecule has 0 aliphatic carbocycles. The number of nitrogens with one attached hydrogen (secondary N) is 1. The Morgan fingerprint density at radius 1 is 0.889 bits per heavy atom. The number of hydrogen-bond donors (Lipinski definition) is 1. The predicted molar refractivity (Wildman–Crippen MR) is 99.7 cm³/mol. The molecule has 3 aromatic carbocycles. The molecular weight excluding hydrogens is 350 g/mol. The van der Waals surface area contributed by atoms with E-state index in [4.69, 9.17) is 0 Å². The van der Waals surface area contributed by atoms with Gasteiger partial charge >= 0.3 is 0 Å². The van der Waals surface area contributed by atoms with E-state index in [1.54, 1.807) is 0 Å². The zero-order chi connectivity index (χ0) is 19.4. The molecule has 8 heteroatoms. The van der Waals surface area contributed by atoms with Gasteiger partial charge in [0.15, 0.2) is 0 Å². The van der Waals surface area contributed by atoms with Gasteiger partial charge in [0, 0.05) is 18.7 Å². The summed E-state index contributed by atoms with van der Waals surface area (Å²) in [7, 11) is 0. The quantitative estimate of drug-likeness (QED) is 0.529. The standard InChI is InChI=1S/C19H15N3O5/c23-19(15-10-16(21(24)25)12-17(11-15)22(26)27)20-9-8-14-6-3-5-13-4-1-2-7-18(13)14/h1-7,10-12H,8-9H2,(H,20,23). The van der Waals surface area contributed by atoms with Gasteiger partial charge in [-0.25, -0.2) is 0 Å². The van der Waals surface area contributed by atoms with Crippen molar-refractivity contribution in [2.75, 3.05) is 6.54 Å². The molecule has 0 aliphatic rings. The lowest BCUT2D eigenvalue weighted by molar-refractivity contribution is -0.394. The molecule has 0 aliphatic heterocycles. The van der Waals surface area contributed by atoms with Crippen LogP contribution in [0, 0.1) is 20.2 Å². The second kappa shape index (κ2) is 7.61. The normalized spacial score (nSPS) is 10.5. The first-order valence-electron chi connectivity index (χ1n) is 8.14. The van der Waals surface area contributed by atoms with E-state index in [0.29, 0.717) is 13.0 Å². The van der Waals surface area contributed by atoms with Gasteiger partial charge in [-0.2, -0.15) is 0 Å². The number of nitro benzene ring substituents is 2. The number of benzene rings is 3. The van der Waals surface area contributed by atoms with E-state index >= 15 is 0 Å². The average Bonchev–Trinajstić information content (AvgIpc) is 2.67. The molecule has 1 amide bonds. The van der Waals surface area contributed by atoms with Gasteiger partial charge in [-0.05, 0) is 22.8 Å². The molecule has 0 fully saturated rings. The summed E-state index contributed by atoms with van der Waals surface area (Å²) < 4.78 is 0. The van der Waals surface area contributed by atoms with Gasteiger partial charge in [0.25, 0.3) is 17.3 Å². The van der Waals surface area contributed by atoms with Gasteiger partial charge in [0.2, 0.25) is 0 Å². The minimum atomic E-state index is -0.764. The third-order valence-electron chi connectivity index (χ3n) is 4.15. The van der Waals surface area contributed by atoms with Crippen LogP contribution in [0.3, 0.4) is 0 Å². The molecule has 0 aromatic heterocycles. The van der Waals surface area contributed by atoms with E-state index in [-0.39, 0.29) is 5.56 Å². The second-order valence-corrected chi connectivity index (χ2v) is 5.90. The van der Waals surface area contributed by atoms with Crippen molar-refractivity contribution in [2.45, 2.75) is 6.42 Å². The van der Waals surface area contributed by atoms with E-state index in [1.807, 2.05) is 42.5 Å². The summed E-state index contributed by atoms with van der Waals surface area (Å²) in [5.41, 5.74) is -0.0564. The minimum Gasteiger partial charge on any atom is -0.352 e. The smallest absolute Gasteiger partial charge is 0.277 e. The lowest BCUT2D eigenvalue weighted by Crippen LogP contribution is -2.25. The summed E-state index contributed by atoms with van der Waals surface area (Å²) in [6.45, 7) is 0.295. The Hall–Kier alpha value is -3.81. The number of amides is 1. The Labute approximate surface area is 153 Å². The lowest BCUT2D eigenvalue weighted by Gasteiger charge is -2.08. The molecule has 8 nitrogen and oxygen atoms in total. The number of carbonyl (C=O) groups excluding carboxylic acids is 1. The lowest BCUT2D eigenvalue weighted by atomic mass is 10.0. The molecule has 0 unspecified atom stereocenters. The molecule has 0 heterocycles. The zero-order valence-corrected chi connectivity index (χ0v) is 14.1. The van der Waals surface area contributed by atoms with Crippen molar-refractivity contribution in [1.29, 1.82) is 0 Å². The summed E-state index contributed by atoms with van der Waals surface area (Å²) in [5, 5.41) is 26.7. The highest BCUT2D eigenvalue weighted by Gasteiger charge is 2.19. The van der Waals surface area contributed by atoms with Crippen LogP contribution < -0.4 is 5.32 Å². The Bertz CT molecular complexity index is 1010. The van der Waals surface area contributed by atoms with Crippen molar-refractivity contribution in [1.82, 2.24) is 5.32 Å². The van der Waals surface area contributed by atoms with Gasteiger partial charge in [-0.1, -0.05) is 42.5 Å². The van der Waals surface area contributed by atoms with Crippen molar-refractivity contribution < 1.29 is 14.6 Å². The highest BCUT2D eigenvalue weighted by Crippen LogP contribution is 2.23. The molecule has 0 saturated heterocycles. The molecule has 0 bridgehead atoms. The van der Waals surface area contributed by atoms with Crippen LogP contribution in [0.1, 0.15) is 15.9 Å². The van der Waals surface area contributed by atoms with E-state index in [0.717, 1.165) is 34.5 Å². The van der Waals surface area contributed by atoms with Gasteiger partial charge in [-0.3, -0.25) is 25.0 Å². The number of hydrogen-bond acceptors (Lipinski definition) is 5. The molecule has 3 aromatic rings. The first kappa shape index (κ1) is 18.0. The highest BCUT2D eigenvalue weighted by molar-refractivity contribution is 5.95. The third kappa shape index (κ3) is 4.06. The molecule has 0 radical (unpaired) electrons. The van der Waals surface area contributed by atoms with Crippen LogP contribution in [0.15, 0.2) is 60.7 Å². The van der Waals surface area contributed by atoms with Crippen LogP contribution in [0.2, 0.25) is 0 Å². The van der Waals surface area contributed by atoms with Crippen molar-refractivity contribution in [2.24, 2.45) is 0 Å². The molecule has 0 atom stereocenters. The molecule has 27 heavy (non-hydrogen) atoms. The van der Waals surface area contributed by atoms with Crippen LogP contribution >= 0.6 is 0 Å². The molecule has 136 valence electrons. The first-order chi connectivity index (χ1) is 13.0. The van der Waals surface area contributed by atoms with Gasteiger partial charge in [0.1, 0.15) is 0 Å². The van der Waals surface area contributed by atoms with Crippen LogP contribution in [-0.4, -0.2) is 22.3 Å². The van der Waals surface area contributed by atoms with Crippen LogP contribution in [-0.2, 0) is 6.42 Å². The van der Waals surface area contributed by atoms with E-state index in [1.165, 1.54) is 0 Å². The first-order valence-corrected chi connectivity index (χ1v) is 8.14. The van der Waals surface area contributed by atoms with E-state index < -0.39 is 27.1 Å². The van der Waals surface area contributed by atoms with Crippen LogP contribution in [0.5, 0.6) is 0 Å². The fourth-order valence-electron chi connectivity index (χ4n) is 2.86. The van der Waals surface area contributed by atoms with Gasteiger partial charge < -0.3 is 5.32 Å². The topological polar surface area (TPSA) is 115 Å². The summed E-state index contributed by atoms with van der Waals surface area (Å²) in [5.74, 6) is -0.595. The second-order valence-electron chi connectivity index (χ2n) is 5.90. The van der Waals surface area contributed by atoms with Crippen LogP contribution in [0.4, 0.5) is 11.4 Å². The Kier molecular flexibility index (Phi) is 5.07. The maximum absolute atomic E-state index is 12.3. The van der Waals surface area contributed by atoms with Crippen molar-refractivity contribution in [3.63, 3.8) is 0 Å². The Morgan fingerprint density at radius 3 is 2.19 bits per heavy atom. The molecule has 3 rings (SSSR count). The third-order valence-corrected chi connectivity index (χ3v) is 4.15. The summed E-state index contributed by atoms with van der Waals surface area (Å²) >= 11 is 0. The van der Waals surface area contributed by atoms with Crippen LogP contribution in [0.25, 0.3) is 10.8 Å². The van der Waals surface area contributed by atoms with E-state index in [9.17, 15) is 25.0 Å². The van der Waals surface area contributed by atoms with Gasteiger partial charge in [0.05, 0.1) is 21.5 Å². The summed E-state index contributed by atoms with van der Waals surface area (Å²) in [6.07, 6.45) is 0.560. The van der Waals surface area contributed by atoms with Crippen molar-refractivity contribution >= 4 is 28.1 Å². The molecular formula is C19H15N3O5. The maximum atomic E-state index is 12.3. The maximum Gasteiger partial charge on any atom is 0.277 e. The Balaban J connectivity index is 1.74. The average molecular weight is 365 g/mol. The molecule has 0 saturated carbocycles. The molecule has 1 N–H and O–H groups in total. The monoisotopic (exact) mass is 365 g/mol. The predicted octanol–water partition coefficient (Wildman–Crippen LogP) is 3.63. The number of nitrogens with zero attached hydrogens (tertiary/aromatic N) is 2. The van der Waals surface area contributed by atoms with Gasteiger partial charge in [-0.15, -0.1) is 0 Å². The van der Waals surface area contributed by atoms with E-state index in [2.05, 4.69) is 5.32 Å². The zero-order valence-electron chi connectivity index (χ0n) is 14.1. The highest BCUT2D eigenvalue weighted by atomic mass is 16.6. The SMILES string of the molecule is O=C(NCCc1cccc2ccccc12)c1cc([N+](=O)[O-])cc([N+](=O)[O-])c1. The fourth-order valence-corrected chi connectivity index (χ4v) is 2.86. The number of rotatable bonds is 6. The minimum absolute atomic E-state index is 0.117. The number of nitro groups is 2. The number of fused-ring (bicyclic) bond motifs is 1.